The molecule has 26 heavy (non-hydrogen) atoms. The number of aliphatic hydroxyl groups is 1. The molecule has 8 heteroatoms. The smallest absolute Gasteiger partial charge is 0.265 e. The molecule has 0 unspecified atom stereocenters. The van der Waals surface area contributed by atoms with Gasteiger partial charge in [0.2, 0.25) is 5.78 Å². The van der Waals surface area contributed by atoms with Gasteiger partial charge in [-0.2, -0.15) is 0 Å². The van der Waals surface area contributed by atoms with Gasteiger partial charge >= 0.3 is 0 Å². The van der Waals surface area contributed by atoms with Crippen LogP contribution in [0.15, 0.2) is 59.1 Å². The van der Waals surface area contributed by atoms with E-state index in [1.807, 2.05) is 0 Å². The Balaban J connectivity index is 2.17. The second-order valence-corrected chi connectivity index (χ2v) is 7.59. The van der Waals surface area contributed by atoms with Crippen molar-refractivity contribution in [2.24, 2.45) is 0 Å². The number of Topliss-reactive ketones (excluding diaryl/α,β-unsaturated/α-hetero) is 1. The van der Waals surface area contributed by atoms with Crippen molar-refractivity contribution in [1.82, 2.24) is 9.62 Å². The summed E-state index contributed by atoms with van der Waals surface area (Å²) < 4.78 is 26.1. The van der Waals surface area contributed by atoms with Crippen LogP contribution in [-0.4, -0.2) is 43.6 Å². The number of nitrogens with one attached hydrogen (secondary N) is 1. The molecule has 0 radical (unpaired) electrons. The van der Waals surface area contributed by atoms with Gasteiger partial charge in [0.25, 0.3) is 15.9 Å². The molecule has 1 aliphatic rings. The highest BCUT2D eigenvalue weighted by molar-refractivity contribution is 7.89. The van der Waals surface area contributed by atoms with Crippen molar-refractivity contribution in [2.75, 3.05) is 14.1 Å². The minimum absolute atomic E-state index is 0.0661. The molecule has 0 atom stereocenters. The number of likely N-dealkylation sites (N-methyl/N-ethyl adjacent to an activating group) is 1. The van der Waals surface area contributed by atoms with Crippen molar-refractivity contribution in [2.45, 2.75) is 4.90 Å². The summed E-state index contributed by atoms with van der Waals surface area (Å²) in [6.45, 7) is 0. The second kappa shape index (κ2) is 6.30. The molecule has 2 aromatic carbocycles. The molecular weight excluding hydrogens is 356 g/mol. The van der Waals surface area contributed by atoms with E-state index in [4.69, 9.17) is 0 Å². The summed E-state index contributed by atoms with van der Waals surface area (Å²) in [5.41, 5.74) is 0.0448. The third kappa shape index (κ3) is 2.64. The number of hydrogen-bond acceptors (Lipinski definition) is 5. The highest BCUT2D eigenvalue weighted by Gasteiger charge is 2.37. The average molecular weight is 372 g/mol. The molecule has 3 rings (SSSR count). The van der Waals surface area contributed by atoms with Crippen molar-refractivity contribution in [3.63, 3.8) is 0 Å². The molecule has 0 aromatic heterocycles. The Morgan fingerprint density at radius 3 is 2.38 bits per heavy atom. The summed E-state index contributed by atoms with van der Waals surface area (Å²) in [6.07, 6.45) is 0. The van der Waals surface area contributed by atoms with Crippen LogP contribution >= 0.6 is 0 Å². The number of benzene rings is 2. The number of carbonyl (C=O) groups is 2. The highest BCUT2D eigenvalue weighted by Crippen LogP contribution is 2.35. The molecule has 7 nitrogen and oxygen atoms in total. The van der Waals surface area contributed by atoms with E-state index in [0.717, 1.165) is 4.31 Å². The number of rotatable bonds is 3. The number of amides is 1. The van der Waals surface area contributed by atoms with Crippen LogP contribution < -0.4 is 5.32 Å². The van der Waals surface area contributed by atoms with Crippen molar-refractivity contribution in [3.05, 3.63) is 70.9 Å². The van der Waals surface area contributed by atoms with Gasteiger partial charge in [-0.15, -0.1) is 0 Å². The van der Waals surface area contributed by atoms with Crippen LogP contribution in [-0.2, 0) is 10.0 Å². The van der Waals surface area contributed by atoms with Gasteiger partial charge in [0.1, 0.15) is 5.70 Å². The summed E-state index contributed by atoms with van der Waals surface area (Å²) in [7, 11) is -1.30. The summed E-state index contributed by atoms with van der Waals surface area (Å²) >= 11 is 0. The highest BCUT2D eigenvalue weighted by atomic mass is 32.2. The zero-order valence-electron chi connectivity index (χ0n) is 14.1. The van der Waals surface area contributed by atoms with Crippen LogP contribution in [0.5, 0.6) is 0 Å². The number of allylic oxidation sites excluding steroid dienone is 1. The molecule has 1 heterocycles. The van der Waals surface area contributed by atoms with Gasteiger partial charge in [-0.05, 0) is 24.3 Å². The van der Waals surface area contributed by atoms with Gasteiger partial charge in [0.05, 0.1) is 4.90 Å². The summed E-state index contributed by atoms with van der Waals surface area (Å²) in [4.78, 5) is 24.6. The van der Waals surface area contributed by atoms with E-state index in [1.165, 1.54) is 56.6 Å². The van der Waals surface area contributed by atoms with E-state index in [-0.39, 0.29) is 33.2 Å². The van der Waals surface area contributed by atoms with Gasteiger partial charge < -0.3 is 10.4 Å². The zero-order valence-corrected chi connectivity index (χ0v) is 14.9. The van der Waals surface area contributed by atoms with Crippen LogP contribution in [0.4, 0.5) is 0 Å². The van der Waals surface area contributed by atoms with E-state index in [9.17, 15) is 23.1 Å². The van der Waals surface area contributed by atoms with Crippen molar-refractivity contribution < 1.29 is 23.1 Å². The van der Waals surface area contributed by atoms with Gasteiger partial charge in [-0.3, -0.25) is 13.9 Å². The number of sulfonamides is 1. The summed E-state index contributed by atoms with van der Waals surface area (Å²) in [5.74, 6) is -1.50. The number of hydrogen-bond donors (Lipinski definition) is 2. The Kier molecular flexibility index (Phi) is 4.29. The first-order valence-electron chi connectivity index (χ1n) is 7.67. The van der Waals surface area contributed by atoms with E-state index in [2.05, 4.69) is 5.32 Å². The van der Waals surface area contributed by atoms with E-state index in [1.54, 1.807) is 6.07 Å². The lowest BCUT2D eigenvalue weighted by molar-refractivity contribution is 0.0963. The van der Waals surface area contributed by atoms with Gasteiger partial charge in [-0.25, -0.2) is 8.42 Å². The van der Waals surface area contributed by atoms with Crippen molar-refractivity contribution in [3.8, 4) is 0 Å². The number of aliphatic hydroxyl groups excluding tert-OH is 1. The molecule has 0 saturated heterocycles. The predicted molar refractivity (Wildman–Crippen MR) is 95.1 cm³/mol. The number of nitrogens with zero attached hydrogens (tertiary/aromatic N) is 1. The van der Waals surface area contributed by atoms with Crippen LogP contribution in [0.2, 0.25) is 0 Å². The third-order valence-electron chi connectivity index (χ3n) is 4.15. The Labute approximate surface area is 150 Å². The molecule has 0 fully saturated rings. The van der Waals surface area contributed by atoms with Gasteiger partial charge in [-0.1, -0.05) is 24.3 Å². The average Bonchev–Trinajstić information content (AvgIpc) is 2.66. The Bertz CT molecular complexity index is 1060. The topological polar surface area (TPSA) is 104 Å². The van der Waals surface area contributed by atoms with E-state index >= 15 is 0 Å². The largest absolute Gasteiger partial charge is 0.505 e. The van der Waals surface area contributed by atoms with Gasteiger partial charge in [0.15, 0.2) is 5.76 Å². The van der Waals surface area contributed by atoms with Crippen molar-refractivity contribution in [1.29, 1.82) is 0 Å². The first kappa shape index (κ1) is 17.7. The first-order chi connectivity index (χ1) is 12.3. The molecule has 1 amide bonds. The van der Waals surface area contributed by atoms with Crippen LogP contribution in [0, 0.1) is 0 Å². The lowest BCUT2D eigenvalue weighted by Crippen LogP contribution is -2.35. The molecule has 0 spiro atoms. The minimum atomic E-state index is -3.97. The Morgan fingerprint density at radius 1 is 1.04 bits per heavy atom. The molecule has 1 aliphatic heterocycles. The molecule has 0 aliphatic carbocycles. The fraction of sp³-hybridized carbons (Fsp3) is 0.111. The second-order valence-electron chi connectivity index (χ2n) is 5.65. The molecule has 0 bridgehead atoms. The molecule has 2 aromatic rings. The van der Waals surface area contributed by atoms with Crippen LogP contribution in [0.25, 0.3) is 5.76 Å². The number of carbonyl (C=O) groups excluding carboxylic acids is 2. The quantitative estimate of drug-likeness (QED) is 0.800. The normalized spacial score (nSPS) is 15.4. The number of ketones is 1. The molecule has 0 saturated carbocycles. The maximum absolute atomic E-state index is 12.9. The van der Waals surface area contributed by atoms with E-state index in [0.29, 0.717) is 0 Å². The van der Waals surface area contributed by atoms with Gasteiger partial charge in [0, 0.05) is 30.8 Å². The van der Waals surface area contributed by atoms with E-state index < -0.39 is 21.6 Å². The Morgan fingerprint density at radius 2 is 1.69 bits per heavy atom. The fourth-order valence-electron chi connectivity index (χ4n) is 2.76. The standard InChI is InChI=1S/C18H16N2O5S/c1-19-18(23)12-7-5-6-11(10-12)16(21)15-17(22)13-8-3-4-9-14(13)26(24,25)20(15)2/h3-10,22H,1-2H3,(H,19,23). The lowest BCUT2D eigenvalue weighted by atomic mass is 10.0. The minimum Gasteiger partial charge on any atom is -0.505 e. The third-order valence-corrected chi connectivity index (χ3v) is 5.96. The summed E-state index contributed by atoms with van der Waals surface area (Å²) in [5, 5.41) is 13.0. The first-order valence-corrected chi connectivity index (χ1v) is 9.11. The fourth-order valence-corrected chi connectivity index (χ4v) is 4.16. The summed E-state index contributed by atoms with van der Waals surface area (Å²) in [6, 6.07) is 11.8. The molecule has 2 N–H and O–H groups in total. The lowest BCUT2D eigenvalue weighted by Gasteiger charge is -2.28. The maximum Gasteiger partial charge on any atom is 0.265 e. The number of fused-ring (bicyclic) bond motifs is 1. The van der Waals surface area contributed by atoms with Crippen molar-refractivity contribution >= 4 is 27.5 Å². The van der Waals surface area contributed by atoms with Crippen LogP contribution in [0.1, 0.15) is 26.3 Å². The molecule has 134 valence electrons. The predicted octanol–water partition coefficient (Wildman–Crippen LogP) is 1.79. The molecular formula is C18H16N2O5S. The Hall–Kier alpha value is -3.13. The zero-order chi connectivity index (χ0) is 19.1. The monoisotopic (exact) mass is 372 g/mol. The van der Waals surface area contributed by atoms with Crippen LogP contribution in [0.3, 0.4) is 0 Å². The SMILES string of the molecule is CNC(=O)c1cccc(C(=O)C2=C(O)c3ccccc3S(=O)(=O)N2C)c1. The maximum atomic E-state index is 12.9.